The van der Waals surface area contributed by atoms with E-state index in [9.17, 15) is 14.9 Å². The minimum Gasteiger partial charge on any atom is -0.394 e. The number of carbonyl (C=O) groups excluding carboxylic acids is 1. The average Bonchev–Trinajstić information content (AvgIpc) is 2.34. The van der Waals surface area contributed by atoms with Crippen LogP contribution in [0.15, 0.2) is 18.2 Å². The van der Waals surface area contributed by atoms with Gasteiger partial charge < -0.3 is 15.5 Å². The van der Waals surface area contributed by atoms with Crippen LogP contribution in [-0.4, -0.2) is 40.3 Å². The molecule has 0 fully saturated rings. The van der Waals surface area contributed by atoms with Crippen molar-refractivity contribution in [3.8, 4) is 0 Å². The second kappa shape index (κ2) is 6.29. The van der Waals surface area contributed by atoms with Gasteiger partial charge in [0.05, 0.1) is 24.2 Å². The molecule has 8 heteroatoms. The third-order valence-electron chi connectivity index (χ3n) is 2.18. The molecule has 0 aliphatic carbocycles. The van der Waals surface area contributed by atoms with Crippen molar-refractivity contribution >= 4 is 23.2 Å². The fourth-order valence-electron chi connectivity index (χ4n) is 1.21. The van der Waals surface area contributed by atoms with Crippen molar-refractivity contribution in [2.75, 3.05) is 13.2 Å². The van der Waals surface area contributed by atoms with Gasteiger partial charge in [0.25, 0.3) is 11.6 Å². The van der Waals surface area contributed by atoms with Crippen molar-refractivity contribution in [1.82, 2.24) is 5.32 Å². The topological polar surface area (TPSA) is 113 Å². The van der Waals surface area contributed by atoms with E-state index < -0.39 is 30.1 Å². The van der Waals surface area contributed by atoms with Crippen LogP contribution in [0.5, 0.6) is 0 Å². The molecule has 0 saturated carbocycles. The van der Waals surface area contributed by atoms with Gasteiger partial charge in [-0.3, -0.25) is 14.9 Å². The second-order valence-corrected chi connectivity index (χ2v) is 3.87. The number of benzene rings is 1. The summed E-state index contributed by atoms with van der Waals surface area (Å²) in [6.07, 6.45) is 0. The van der Waals surface area contributed by atoms with E-state index in [1.807, 2.05) is 0 Å². The lowest BCUT2D eigenvalue weighted by Gasteiger charge is -2.13. The van der Waals surface area contributed by atoms with E-state index in [1.165, 1.54) is 6.07 Å². The minimum atomic E-state index is -0.786. The molecule has 1 amide bonds. The number of aliphatic hydroxyl groups is 2. The fourth-order valence-corrected chi connectivity index (χ4v) is 1.46. The highest BCUT2D eigenvalue weighted by atomic mass is 35.5. The van der Waals surface area contributed by atoms with Crippen LogP contribution in [0.25, 0.3) is 0 Å². The van der Waals surface area contributed by atoms with Gasteiger partial charge in [0.15, 0.2) is 0 Å². The predicted molar refractivity (Wildman–Crippen MR) is 63.5 cm³/mol. The molecule has 0 atom stereocenters. The van der Waals surface area contributed by atoms with Crippen molar-refractivity contribution in [3.63, 3.8) is 0 Å². The van der Waals surface area contributed by atoms with Crippen LogP contribution in [0.2, 0.25) is 5.02 Å². The highest BCUT2D eigenvalue weighted by molar-refractivity contribution is 6.33. The maximum atomic E-state index is 11.6. The summed E-state index contributed by atoms with van der Waals surface area (Å²) in [7, 11) is 0. The van der Waals surface area contributed by atoms with E-state index in [4.69, 9.17) is 21.8 Å². The Kier molecular flexibility index (Phi) is 5.02. The van der Waals surface area contributed by atoms with Crippen molar-refractivity contribution in [3.05, 3.63) is 38.9 Å². The Morgan fingerprint density at radius 3 is 2.50 bits per heavy atom. The van der Waals surface area contributed by atoms with Gasteiger partial charge in [0.2, 0.25) is 0 Å². The zero-order chi connectivity index (χ0) is 13.7. The third kappa shape index (κ3) is 3.39. The SMILES string of the molecule is O=C(NC(CO)CO)c1ccc([N+](=O)[O-])c(Cl)c1. The first kappa shape index (κ1) is 14.4. The van der Waals surface area contributed by atoms with Crippen LogP contribution in [0, 0.1) is 10.1 Å². The quantitative estimate of drug-likeness (QED) is 0.529. The third-order valence-corrected chi connectivity index (χ3v) is 2.49. The van der Waals surface area contributed by atoms with Crippen molar-refractivity contribution in [2.45, 2.75) is 6.04 Å². The molecule has 0 heterocycles. The van der Waals surface area contributed by atoms with Crippen molar-refractivity contribution < 1.29 is 19.9 Å². The number of nitro groups is 1. The molecule has 0 spiro atoms. The van der Waals surface area contributed by atoms with Gasteiger partial charge in [-0.1, -0.05) is 11.6 Å². The van der Waals surface area contributed by atoms with Gasteiger partial charge in [-0.15, -0.1) is 0 Å². The van der Waals surface area contributed by atoms with E-state index in [0.717, 1.165) is 12.1 Å². The summed E-state index contributed by atoms with van der Waals surface area (Å²) in [5.74, 6) is -0.583. The summed E-state index contributed by atoms with van der Waals surface area (Å²) < 4.78 is 0. The van der Waals surface area contributed by atoms with Gasteiger partial charge in [0, 0.05) is 11.6 Å². The molecular formula is C10H11ClN2O5. The number of aliphatic hydroxyl groups excluding tert-OH is 2. The van der Waals surface area contributed by atoms with E-state index >= 15 is 0 Å². The van der Waals surface area contributed by atoms with Crippen LogP contribution in [-0.2, 0) is 0 Å². The number of nitrogens with one attached hydrogen (secondary N) is 1. The molecule has 1 aromatic rings. The molecule has 0 aliphatic rings. The molecule has 0 aromatic heterocycles. The smallest absolute Gasteiger partial charge is 0.287 e. The molecule has 0 aliphatic heterocycles. The zero-order valence-corrected chi connectivity index (χ0v) is 9.92. The summed E-state index contributed by atoms with van der Waals surface area (Å²) in [4.78, 5) is 21.5. The van der Waals surface area contributed by atoms with E-state index in [1.54, 1.807) is 0 Å². The summed E-state index contributed by atoms with van der Waals surface area (Å²) in [6, 6.07) is 2.72. The standard InChI is InChI=1S/C10H11ClN2O5/c11-8-3-6(1-2-9(8)13(17)18)10(16)12-7(4-14)5-15/h1-3,7,14-15H,4-5H2,(H,12,16). The Morgan fingerprint density at radius 1 is 1.44 bits per heavy atom. The Hall–Kier alpha value is -1.70. The van der Waals surface area contributed by atoms with E-state index in [-0.39, 0.29) is 16.3 Å². The second-order valence-electron chi connectivity index (χ2n) is 3.46. The minimum absolute atomic E-state index is 0.109. The van der Waals surface area contributed by atoms with Gasteiger partial charge in [-0.2, -0.15) is 0 Å². The van der Waals surface area contributed by atoms with E-state index in [2.05, 4.69) is 5.32 Å². The number of rotatable bonds is 5. The first-order valence-electron chi connectivity index (χ1n) is 4.96. The number of nitro benzene ring substituents is 1. The largest absolute Gasteiger partial charge is 0.394 e. The molecule has 3 N–H and O–H groups in total. The molecule has 98 valence electrons. The van der Waals surface area contributed by atoms with Gasteiger partial charge in [-0.05, 0) is 12.1 Å². The number of hydrogen-bond acceptors (Lipinski definition) is 5. The summed E-state index contributed by atoms with van der Waals surface area (Å²) in [5.41, 5.74) is -0.188. The maximum absolute atomic E-state index is 11.6. The maximum Gasteiger partial charge on any atom is 0.287 e. The summed E-state index contributed by atoms with van der Waals surface area (Å²) in [6.45, 7) is -0.827. The number of carbonyl (C=O) groups is 1. The molecule has 1 aromatic carbocycles. The Labute approximate surface area is 107 Å². The van der Waals surface area contributed by atoms with Gasteiger partial charge in [-0.25, -0.2) is 0 Å². The Morgan fingerprint density at radius 2 is 2.06 bits per heavy atom. The first-order chi connectivity index (χ1) is 8.49. The van der Waals surface area contributed by atoms with Crippen molar-refractivity contribution in [1.29, 1.82) is 0 Å². The molecule has 0 bridgehead atoms. The van der Waals surface area contributed by atoms with Crippen molar-refractivity contribution in [2.24, 2.45) is 0 Å². The molecule has 1 rings (SSSR count). The monoisotopic (exact) mass is 274 g/mol. The van der Waals surface area contributed by atoms with Gasteiger partial charge in [0.1, 0.15) is 5.02 Å². The van der Waals surface area contributed by atoms with Crippen LogP contribution >= 0.6 is 11.6 Å². The first-order valence-corrected chi connectivity index (χ1v) is 5.34. The molecule has 0 saturated heterocycles. The van der Waals surface area contributed by atoms with Crippen LogP contribution in [0.3, 0.4) is 0 Å². The zero-order valence-electron chi connectivity index (χ0n) is 9.17. The molecule has 0 radical (unpaired) electrons. The Bertz CT molecular complexity index is 462. The average molecular weight is 275 g/mol. The molecule has 7 nitrogen and oxygen atoms in total. The number of halogens is 1. The fraction of sp³-hybridized carbons (Fsp3) is 0.300. The number of nitrogens with zero attached hydrogens (tertiary/aromatic N) is 1. The van der Waals surface area contributed by atoms with E-state index in [0.29, 0.717) is 0 Å². The molecular weight excluding hydrogens is 264 g/mol. The van der Waals surface area contributed by atoms with Crippen LogP contribution in [0.1, 0.15) is 10.4 Å². The molecule has 18 heavy (non-hydrogen) atoms. The van der Waals surface area contributed by atoms with Gasteiger partial charge >= 0.3 is 0 Å². The predicted octanol–water partition coefficient (Wildman–Crippen LogP) is 0.331. The highest BCUT2D eigenvalue weighted by Gasteiger charge is 2.17. The number of amides is 1. The van der Waals surface area contributed by atoms with Crippen LogP contribution < -0.4 is 5.32 Å². The highest BCUT2D eigenvalue weighted by Crippen LogP contribution is 2.24. The lowest BCUT2D eigenvalue weighted by atomic mass is 10.2. The number of hydrogen-bond donors (Lipinski definition) is 3. The normalized spacial score (nSPS) is 10.4. The summed E-state index contributed by atoms with van der Waals surface area (Å²) >= 11 is 5.65. The lowest BCUT2D eigenvalue weighted by molar-refractivity contribution is -0.384. The molecule has 0 unspecified atom stereocenters. The van der Waals surface area contributed by atoms with Crippen LogP contribution in [0.4, 0.5) is 5.69 Å². The Balaban J connectivity index is 2.88. The summed E-state index contributed by atoms with van der Waals surface area (Å²) in [5, 5.41) is 30.3. The lowest BCUT2D eigenvalue weighted by Crippen LogP contribution is -2.40.